The van der Waals surface area contributed by atoms with E-state index in [0.717, 1.165) is 50.9 Å². The van der Waals surface area contributed by atoms with E-state index in [1.165, 1.54) is 12.1 Å². The Kier molecular flexibility index (Phi) is 8.41. The molecular weight excluding hydrogens is 385 g/mol. The molecular formula is C22H30FN5O2. The maximum Gasteiger partial charge on any atom is 0.219 e. The van der Waals surface area contributed by atoms with Crippen LogP contribution in [0.3, 0.4) is 0 Å². The highest BCUT2D eigenvalue weighted by Gasteiger charge is 2.17. The average Bonchev–Trinajstić information content (AvgIpc) is 2.77. The van der Waals surface area contributed by atoms with Crippen LogP contribution in [0.2, 0.25) is 0 Å². The number of hydrogen-bond donors (Lipinski definition) is 2. The van der Waals surface area contributed by atoms with Crippen molar-refractivity contribution < 1.29 is 13.9 Å². The van der Waals surface area contributed by atoms with Crippen LogP contribution in [-0.4, -0.2) is 61.3 Å². The maximum absolute atomic E-state index is 13.3. The summed E-state index contributed by atoms with van der Waals surface area (Å²) in [6, 6.07) is 10.1. The van der Waals surface area contributed by atoms with Gasteiger partial charge in [-0.1, -0.05) is 12.1 Å². The summed E-state index contributed by atoms with van der Waals surface area (Å²) in [5, 5.41) is 6.69. The number of aliphatic imine (C=N–C) groups is 1. The standard InChI is InChI=1S/C22H30FN5O2/c1-3-24-22(26-14-17(2)28-9-11-29-12-10-28)27-16-18-7-8-21(25-15-18)30-20-6-4-5-19(23)13-20/h4-8,13,15,17H,3,9-12,14,16H2,1-2H3,(H2,24,26,27). The molecule has 3 rings (SSSR count). The zero-order chi connectivity index (χ0) is 21.2. The van der Waals surface area contributed by atoms with Crippen molar-refractivity contribution in [1.82, 2.24) is 20.5 Å². The first kappa shape index (κ1) is 22.0. The molecule has 0 bridgehead atoms. The van der Waals surface area contributed by atoms with Gasteiger partial charge in [-0.2, -0.15) is 0 Å². The SMILES string of the molecule is CCNC(=NCc1ccc(Oc2cccc(F)c2)nc1)NCC(C)N1CCOCC1. The van der Waals surface area contributed by atoms with Gasteiger partial charge in [0, 0.05) is 50.6 Å². The highest BCUT2D eigenvalue weighted by molar-refractivity contribution is 5.79. The van der Waals surface area contributed by atoms with E-state index in [1.807, 2.05) is 13.0 Å². The smallest absolute Gasteiger partial charge is 0.219 e. The molecule has 2 heterocycles. The van der Waals surface area contributed by atoms with Crippen LogP contribution in [0.5, 0.6) is 11.6 Å². The van der Waals surface area contributed by atoms with Crippen LogP contribution in [0, 0.1) is 5.82 Å². The van der Waals surface area contributed by atoms with Crippen molar-refractivity contribution in [1.29, 1.82) is 0 Å². The van der Waals surface area contributed by atoms with E-state index >= 15 is 0 Å². The molecule has 1 aliphatic rings. The number of ether oxygens (including phenoxy) is 2. The van der Waals surface area contributed by atoms with Crippen LogP contribution in [0.25, 0.3) is 0 Å². The lowest BCUT2D eigenvalue weighted by Crippen LogP contribution is -2.49. The second-order valence-corrected chi connectivity index (χ2v) is 7.14. The van der Waals surface area contributed by atoms with Crippen LogP contribution in [0.15, 0.2) is 47.6 Å². The number of benzene rings is 1. The monoisotopic (exact) mass is 415 g/mol. The Morgan fingerprint density at radius 1 is 1.27 bits per heavy atom. The fraction of sp³-hybridized carbons (Fsp3) is 0.455. The summed E-state index contributed by atoms with van der Waals surface area (Å²) in [6.45, 7) is 9.87. The highest BCUT2D eigenvalue weighted by atomic mass is 19.1. The van der Waals surface area contributed by atoms with E-state index in [2.05, 4.69) is 32.4 Å². The molecule has 0 aliphatic carbocycles. The second-order valence-electron chi connectivity index (χ2n) is 7.14. The van der Waals surface area contributed by atoms with Crippen LogP contribution in [0.1, 0.15) is 19.4 Å². The van der Waals surface area contributed by atoms with Gasteiger partial charge >= 0.3 is 0 Å². The lowest BCUT2D eigenvalue weighted by molar-refractivity contribution is 0.0211. The van der Waals surface area contributed by atoms with Crippen LogP contribution < -0.4 is 15.4 Å². The van der Waals surface area contributed by atoms with E-state index in [9.17, 15) is 4.39 Å². The number of nitrogens with zero attached hydrogens (tertiary/aromatic N) is 3. The Morgan fingerprint density at radius 3 is 2.80 bits per heavy atom. The second kappa shape index (κ2) is 11.5. The molecule has 1 atom stereocenters. The molecule has 1 fully saturated rings. The van der Waals surface area contributed by atoms with Crippen molar-refractivity contribution >= 4 is 5.96 Å². The largest absolute Gasteiger partial charge is 0.439 e. The van der Waals surface area contributed by atoms with E-state index in [4.69, 9.17) is 9.47 Å². The third kappa shape index (κ3) is 6.96. The first-order valence-corrected chi connectivity index (χ1v) is 10.4. The fourth-order valence-corrected chi connectivity index (χ4v) is 3.12. The lowest BCUT2D eigenvalue weighted by atomic mass is 10.2. The molecule has 1 aromatic heterocycles. The molecule has 0 radical (unpaired) electrons. The minimum atomic E-state index is -0.343. The number of halogens is 1. The Morgan fingerprint density at radius 2 is 2.10 bits per heavy atom. The third-order valence-electron chi connectivity index (χ3n) is 4.81. The Hall–Kier alpha value is -2.71. The zero-order valence-electron chi connectivity index (χ0n) is 17.6. The normalized spacial score (nSPS) is 16.2. The van der Waals surface area contributed by atoms with Crippen molar-refractivity contribution in [3.05, 3.63) is 54.0 Å². The molecule has 0 amide bonds. The lowest BCUT2D eigenvalue weighted by Gasteiger charge is -2.32. The van der Waals surface area contributed by atoms with Gasteiger partial charge in [0.05, 0.1) is 19.8 Å². The van der Waals surface area contributed by atoms with Crippen molar-refractivity contribution in [2.24, 2.45) is 4.99 Å². The van der Waals surface area contributed by atoms with E-state index in [0.29, 0.717) is 24.2 Å². The summed E-state index contributed by atoms with van der Waals surface area (Å²) in [5.74, 6) is 1.27. The summed E-state index contributed by atoms with van der Waals surface area (Å²) in [7, 11) is 0. The number of morpholine rings is 1. The maximum atomic E-state index is 13.3. The summed E-state index contributed by atoms with van der Waals surface area (Å²) in [5.41, 5.74) is 0.958. The number of aromatic nitrogens is 1. The Balaban J connectivity index is 1.52. The predicted molar refractivity (Wildman–Crippen MR) is 115 cm³/mol. The van der Waals surface area contributed by atoms with Gasteiger partial charge < -0.3 is 20.1 Å². The summed E-state index contributed by atoms with van der Waals surface area (Å²) < 4.78 is 24.3. The number of guanidine groups is 1. The number of nitrogens with one attached hydrogen (secondary N) is 2. The van der Waals surface area contributed by atoms with Gasteiger partial charge in [-0.05, 0) is 31.5 Å². The van der Waals surface area contributed by atoms with E-state index < -0.39 is 0 Å². The first-order valence-electron chi connectivity index (χ1n) is 10.4. The Bertz CT molecular complexity index is 809. The third-order valence-corrected chi connectivity index (χ3v) is 4.81. The molecule has 7 nitrogen and oxygen atoms in total. The molecule has 162 valence electrons. The van der Waals surface area contributed by atoms with Crippen molar-refractivity contribution in [2.45, 2.75) is 26.4 Å². The summed E-state index contributed by atoms with van der Waals surface area (Å²) in [6.07, 6.45) is 1.72. The molecule has 2 N–H and O–H groups in total. The van der Waals surface area contributed by atoms with Crippen molar-refractivity contribution in [2.75, 3.05) is 39.4 Å². The topological polar surface area (TPSA) is 71.0 Å². The van der Waals surface area contributed by atoms with E-state index in [-0.39, 0.29) is 5.82 Å². The molecule has 30 heavy (non-hydrogen) atoms. The van der Waals surface area contributed by atoms with Gasteiger partial charge in [0.25, 0.3) is 0 Å². The van der Waals surface area contributed by atoms with Crippen LogP contribution >= 0.6 is 0 Å². The molecule has 1 aromatic carbocycles. The minimum Gasteiger partial charge on any atom is -0.439 e. The number of pyridine rings is 1. The van der Waals surface area contributed by atoms with Crippen molar-refractivity contribution in [3.63, 3.8) is 0 Å². The zero-order valence-corrected chi connectivity index (χ0v) is 17.6. The molecule has 1 unspecified atom stereocenters. The van der Waals surface area contributed by atoms with Gasteiger partial charge in [0.1, 0.15) is 11.6 Å². The number of hydrogen-bond acceptors (Lipinski definition) is 5. The average molecular weight is 416 g/mol. The van der Waals surface area contributed by atoms with Gasteiger partial charge in [-0.3, -0.25) is 4.90 Å². The first-order chi connectivity index (χ1) is 14.6. The predicted octanol–water partition coefficient (Wildman–Crippen LogP) is 2.79. The van der Waals surface area contributed by atoms with Gasteiger partial charge in [0.15, 0.2) is 5.96 Å². The van der Waals surface area contributed by atoms with Crippen LogP contribution in [0.4, 0.5) is 4.39 Å². The summed E-state index contributed by atoms with van der Waals surface area (Å²) in [4.78, 5) is 11.4. The molecule has 1 saturated heterocycles. The number of rotatable bonds is 8. The molecule has 0 saturated carbocycles. The fourth-order valence-electron chi connectivity index (χ4n) is 3.12. The molecule has 0 spiro atoms. The van der Waals surface area contributed by atoms with Gasteiger partial charge in [-0.25, -0.2) is 14.4 Å². The molecule has 2 aromatic rings. The molecule has 1 aliphatic heterocycles. The minimum absolute atomic E-state index is 0.343. The molecule has 8 heteroatoms. The quantitative estimate of drug-likeness (QED) is 0.510. The van der Waals surface area contributed by atoms with E-state index in [1.54, 1.807) is 24.4 Å². The van der Waals surface area contributed by atoms with Crippen LogP contribution in [-0.2, 0) is 11.3 Å². The highest BCUT2D eigenvalue weighted by Crippen LogP contribution is 2.20. The van der Waals surface area contributed by atoms with Gasteiger partial charge in [0.2, 0.25) is 5.88 Å². The van der Waals surface area contributed by atoms with Gasteiger partial charge in [-0.15, -0.1) is 0 Å². The summed E-state index contributed by atoms with van der Waals surface area (Å²) >= 11 is 0. The van der Waals surface area contributed by atoms with Crippen molar-refractivity contribution in [3.8, 4) is 11.6 Å². The Labute approximate surface area is 177 Å².